The van der Waals surface area contributed by atoms with Crippen LogP contribution in [0.2, 0.25) is 0 Å². The quantitative estimate of drug-likeness (QED) is 0.708. The number of rotatable bonds is 2. The van der Waals surface area contributed by atoms with Gasteiger partial charge in [0.2, 0.25) is 0 Å². The van der Waals surface area contributed by atoms with Crippen molar-refractivity contribution in [1.29, 1.82) is 0 Å². The Morgan fingerprint density at radius 3 is 2.70 bits per heavy atom. The number of aliphatic imine (C=N–C) groups is 1. The van der Waals surface area contributed by atoms with Crippen LogP contribution in [0.25, 0.3) is 0 Å². The van der Waals surface area contributed by atoms with Gasteiger partial charge in [-0.2, -0.15) is 0 Å². The summed E-state index contributed by atoms with van der Waals surface area (Å²) in [6.45, 7) is 2.99. The maximum absolute atomic E-state index is 12.9. The lowest BCUT2D eigenvalue weighted by atomic mass is 9.96. The number of nitrogens with one attached hydrogen (secondary N) is 1. The normalized spacial score (nSPS) is 18.8. The molecule has 0 atom stereocenters. The van der Waals surface area contributed by atoms with Gasteiger partial charge in [0.25, 0.3) is 0 Å². The van der Waals surface area contributed by atoms with Gasteiger partial charge in [0, 0.05) is 38.3 Å². The number of methoxy groups -OCH3 is 1. The standard InChI is InChI=1S/C26H32N4O3/c1-32-20-12-13-21-24(18-20)33-23-11-6-5-10-22(23)28-25(21)29-14-7-15-30(17-16-29)26(31)27-19-8-3-2-4-9-19/h5-6,10-13,18-19H,2-4,7-9,14-17H2,1H3,(H,27,31). The van der Waals surface area contributed by atoms with E-state index in [4.69, 9.17) is 14.5 Å². The van der Waals surface area contributed by atoms with Crippen molar-refractivity contribution in [1.82, 2.24) is 15.1 Å². The first-order valence-corrected chi connectivity index (χ1v) is 12.1. The number of amidine groups is 1. The first kappa shape index (κ1) is 21.6. The molecule has 2 aromatic carbocycles. The highest BCUT2D eigenvalue weighted by Gasteiger charge is 2.27. The van der Waals surface area contributed by atoms with E-state index in [0.29, 0.717) is 12.6 Å². The van der Waals surface area contributed by atoms with Crippen molar-refractivity contribution < 1.29 is 14.3 Å². The minimum Gasteiger partial charge on any atom is -0.497 e. The molecule has 0 bridgehead atoms. The summed E-state index contributed by atoms with van der Waals surface area (Å²) in [5.41, 5.74) is 1.74. The maximum Gasteiger partial charge on any atom is 0.317 e. The summed E-state index contributed by atoms with van der Waals surface area (Å²) in [4.78, 5) is 22.2. The van der Waals surface area contributed by atoms with Gasteiger partial charge in [-0.05, 0) is 43.5 Å². The molecule has 1 N–H and O–H groups in total. The molecule has 0 aromatic heterocycles. The number of ether oxygens (including phenoxy) is 2. The third-order valence-corrected chi connectivity index (χ3v) is 6.76. The van der Waals surface area contributed by atoms with Crippen LogP contribution in [0.1, 0.15) is 44.1 Å². The third-order valence-electron chi connectivity index (χ3n) is 6.76. The molecule has 0 spiro atoms. The first-order chi connectivity index (χ1) is 16.2. The van der Waals surface area contributed by atoms with Crippen molar-refractivity contribution in [2.75, 3.05) is 33.3 Å². The third kappa shape index (κ3) is 4.77. The maximum atomic E-state index is 12.9. The van der Waals surface area contributed by atoms with E-state index in [2.05, 4.69) is 10.2 Å². The van der Waals surface area contributed by atoms with Crippen LogP contribution in [0.15, 0.2) is 47.5 Å². The Bertz CT molecular complexity index is 1030. The van der Waals surface area contributed by atoms with Crippen LogP contribution >= 0.6 is 0 Å². The number of nitrogens with zero attached hydrogens (tertiary/aromatic N) is 3. The Kier molecular flexibility index (Phi) is 6.37. The number of amides is 2. The van der Waals surface area contributed by atoms with Gasteiger partial charge >= 0.3 is 6.03 Å². The van der Waals surface area contributed by atoms with Gasteiger partial charge < -0.3 is 24.6 Å². The summed E-state index contributed by atoms with van der Waals surface area (Å²) in [6, 6.07) is 14.1. The fraction of sp³-hybridized carbons (Fsp3) is 0.462. The molecule has 2 aromatic rings. The number of hydrogen-bond donors (Lipinski definition) is 1. The lowest BCUT2D eigenvalue weighted by Gasteiger charge is -2.28. The predicted molar refractivity (Wildman–Crippen MR) is 129 cm³/mol. The van der Waals surface area contributed by atoms with Crippen molar-refractivity contribution in [3.05, 3.63) is 48.0 Å². The van der Waals surface area contributed by atoms with E-state index in [1.807, 2.05) is 47.4 Å². The van der Waals surface area contributed by atoms with Gasteiger partial charge in [-0.1, -0.05) is 31.4 Å². The lowest BCUT2D eigenvalue weighted by Crippen LogP contribution is -2.47. The molecule has 7 heteroatoms. The zero-order valence-electron chi connectivity index (χ0n) is 19.3. The predicted octanol–water partition coefficient (Wildman–Crippen LogP) is 4.93. The number of para-hydroxylation sites is 2. The zero-order valence-corrected chi connectivity index (χ0v) is 19.3. The molecule has 174 valence electrons. The van der Waals surface area contributed by atoms with E-state index < -0.39 is 0 Å². The molecule has 0 radical (unpaired) electrons. The van der Waals surface area contributed by atoms with E-state index in [-0.39, 0.29) is 6.03 Å². The Hall–Kier alpha value is -3.22. The smallest absolute Gasteiger partial charge is 0.317 e. The van der Waals surface area contributed by atoms with Gasteiger partial charge in [-0.15, -0.1) is 0 Å². The van der Waals surface area contributed by atoms with Gasteiger partial charge in [0.05, 0.1) is 12.7 Å². The summed E-state index contributed by atoms with van der Waals surface area (Å²) < 4.78 is 11.7. The molecule has 0 unspecified atom stereocenters. The van der Waals surface area contributed by atoms with E-state index >= 15 is 0 Å². The fourth-order valence-electron chi connectivity index (χ4n) is 4.91. The number of carbonyl (C=O) groups is 1. The summed E-state index contributed by atoms with van der Waals surface area (Å²) in [6.07, 6.45) is 6.81. The van der Waals surface area contributed by atoms with Gasteiger partial charge in [0.1, 0.15) is 23.0 Å². The molecular weight excluding hydrogens is 416 g/mol. The highest BCUT2D eigenvalue weighted by Crippen LogP contribution is 2.39. The van der Waals surface area contributed by atoms with E-state index in [1.165, 1.54) is 19.3 Å². The van der Waals surface area contributed by atoms with Gasteiger partial charge in [0.15, 0.2) is 5.75 Å². The molecule has 1 aliphatic carbocycles. The van der Waals surface area contributed by atoms with Crippen LogP contribution < -0.4 is 14.8 Å². The van der Waals surface area contributed by atoms with E-state index in [9.17, 15) is 4.79 Å². The van der Waals surface area contributed by atoms with Crippen LogP contribution in [-0.2, 0) is 0 Å². The molecule has 1 saturated heterocycles. The van der Waals surface area contributed by atoms with Crippen molar-refractivity contribution >= 4 is 17.6 Å². The summed E-state index contributed by atoms with van der Waals surface area (Å²) >= 11 is 0. The Balaban J connectivity index is 1.37. The second kappa shape index (κ2) is 9.73. The van der Waals surface area contributed by atoms with Crippen molar-refractivity contribution in [2.24, 2.45) is 4.99 Å². The van der Waals surface area contributed by atoms with Crippen molar-refractivity contribution in [2.45, 2.75) is 44.6 Å². The highest BCUT2D eigenvalue weighted by atomic mass is 16.5. The molecular formula is C26H32N4O3. The Morgan fingerprint density at radius 1 is 1.00 bits per heavy atom. The van der Waals surface area contributed by atoms with Crippen LogP contribution in [0.3, 0.4) is 0 Å². The monoisotopic (exact) mass is 448 g/mol. The van der Waals surface area contributed by atoms with Crippen LogP contribution in [0.5, 0.6) is 17.2 Å². The minimum atomic E-state index is 0.0744. The number of urea groups is 1. The number of carbonyl (C=O) groups excluding carboxylic acids is 1. The van der Waals surface area contributed by atoms with Gasteiger partial charge in [-0.3, -0.25) is 0 Å². The first-order valence-electron chi connectivity index (χ1n) is 12.1. The van der Waals surface area contributed by atoms with Crippen molar-refractivity contribution in [3.8, 4) is 17.2 Å². The van der Waals surface area contributed by atoms with Crippen LogP contribution in [-0.4, -0.2) is 61.0 Å². The van der Waals surface area contributed by atoms with Crippen LogP contribution in [0.4, 0.5) is 10.5 Å². The number of benzene rings is 2. The lowest BCUT2D eigenvalue weighted by molar-refractivity contribution is 0.192. The Labute approximate surface area is 195 Å². The summed E-state index contributed by atoms with van der Waals surface area (Å²) in [7, 11) is 1.66. The fourth-order valence-corrected chi connectivity index (χ4v) is 4.91. The Morgan fingerprint density at radius 2 is 1.85 bits per heavy atom. The average Bonchev–Trinajstić information content (AvgIpc) is 3.19. The molecule has 2 heterocycles. The number of hydrogen-bond acceptors (Lipinski definition) is 5. The van der Waals surface area contributed by atoms with E-state index in [1.54, 1.807) is 7.11 Å². The molecule has 2 aliphatic heterocycles. The molecule has 7 nitrogen and oxygen atoms in total. The molecule has 3 aliphatic rings. The summed E-state index contributed by atoms with van der Waals surface area (Å²) in [5.74, 6) is 3.08. The average molecular weight is 449 g/mol. The second-order valence-corrected chi connectivity index (χ2v) is 8.98. The molecule has 33 heavy (non-hydrogen) atoms. The molecule has 2 fully saturated rings. The van der Waals surface area contributed by atoms with Crippen molar-refractivity contribution in [3.63, 3.8) is 0 Å². The minimum absolute atomic E-state index is 0.0744. The topological polar surface area (TPSA) is 66.4 Å². The second-order valence-electron chi connectivity index (χ2n) is 8.98. The SMILES string of the molecule is COc1ccc2c(c1)Oc1ccccc1N=C2N1CCCN(C(=O)NC2CCCCC2)CC1. The van der Waals surface area contributed by atoms with E-state index in [0.717, 1.165) is 73.2 Å². The van der Waals surface area contributed by atoms with Gasteiger partial charge in [-0.25, -0.2) is 9.79 Å². The molecule has 5 rings (SSSR count). The number of fused-ring (bicyclic) bond motifs is 2. The highest BCUT2D eigenvalue weighted by molar-refractivity contribution is 6.04. The largest absolute Gasteiger partial charge is 0.497 e. The summed E-state index contributed by atoms with van der Waals surface area (Å²) in [5, 5.41) is 3.27. The zero-order chi connectivity index (χ0) is 22.6. The molecule has 1 saturated carbocycles. The molecule has 2 amide bonds. The van der Waals surface area contributed by atoms with Crippen LogP contribution in [0, 0.1) is 0 Å².